The molecule has 2 atom stereocenters. The van der Waals surface area contributed by atoms with Crippen LogP contribution in [0, 0.1) is 0 Å². The minimum absolute atomic E-state index is 0.0984. The number of hydrogen-bond acceptors (Lipinski definition) is 2. The predicted octanol–water partition coefficient (Wildman–Crippen LogP) is 2.39. The van der Waals surface area contributed by atoms with Crippen molar-refractivity contribution in [2.24, 2.45) is 0 Å². The monoisotopic (exact) mass is 191 g/mol. The zero-order chi connectivity index (χ0) is 10.9. The van der Waals surface area contributed by atoms with Gasteiger partial charge in [-0.1, -0.05) is 20.8 Å². The molecule has 0 aromatic carbocycles. The predicted molar refractivity (Wildman–Crippen MR) is 54.8 cm³/mol. The molecule has 0 aromatic heterocycles. The Hall–Kier alpha value is 0.137. The molecule has 0 saturated heterocycles. The Balaban J connectivity index is 4.34. The van der Waals surface area contributed by atoms with Gasteiger partial charge in [-0.25, -0.2) is 0 Å². The van der Waals surface area contributed by atoms with E-state index in [2.05, 4.69) is 33.9 Å². The van der Waals surface area contributed by atoms with Crippen molar-refractivity contribution in [2.75, 3.05) is 6.58 Å². The van der Waals surface area contributed by atoms with Gasteiger partial charge in [0.25, 0.3) is 0 Å². The van der Waals surface area contributed by atoms with Crippen molar-refractivity contribution >= 4 is 8.32 Å². The lowest BCUT2D eigenvalue weighted by Gasteiger charge is -2.36. The molecule has 0 bridgehead atoms. The lowest BCUT2D eigenvalue weighted by atomic mass is 10.2. The first kappa shape index (κ1) is 10.2. The van der Waals surface area contributed by atoms with Crippen LogP contribution >= 0.6 is 0 Å². The van der Waals surface area contributed by atoms with Crippen molar-refractivity contribution in [3.63, 3.8) is 0 Å². The van der Waals surface area contributed by atoms with Crippen LogP contribution in [-0.2, 0) is 4.43 Å². The number of aliphatic hydroxyl groups is 1. The Labute approximate surface area is 78.5 Å². The van der Waals surface area contributed by atoms with Gasteiger partial charge in [-0.2, -0.15) is 0 Å². The van der Waals surface area contributed by atoms with Crippen molar-refractivity contribution in [3.05, 3.63) is 0 Å². The molecule has 12 heavy (non-hydrogen) atoms. The highest BCUT2D eigenvalue weighted by Gasteiger charge is 2.37. The van der Waals surface area contributed by atoms with Crippen LogP contribution in [0.2, 0.25) is 18.1 Å². The molecule has 1 N–H and O–H groups in total. The molecule has 74 valence electrons. The van der Waals surface area contributed by atoms with E-state index >= 15 is 0 Å². The average Bonchev–Trinajstić information content (AvgIpc) is 1.83. The molecule has 2 nitrogen and oxygen atoms in total. The number of hydrogen-bond donors (Lipinski definition) is 1. The summed E-state index contributed by atoms with van der Waals surface area (Å²) >= 11 is 0. The summed E-state index contributed by atoms with van der Waals surface area (Å²) < 4.78 is 13.1. The fourth-order valence-electron chi connectivity index (χ4n) is 0.445. The van der Waals surface area contributed by atoms with Gasteiger partial charge < -0.3 is 9.53 Å². The van der Waals surface area contributed by atoms with Gasteiger partial charge in [0.05, 0.1) is 14.1 Å². The second kappa shape index (κ2) is 3.90. The second-order valence-corrected chi connectivity index (χ2v) is 9.51. The first-order chi connectivity index (χ1) is 5.58. The largest absolute Gasteiger partial charge is 0.414 e. The Bertz CT molecular complexity index is 163. The maximum absolute atomic E-state index is 9.16. The average molecular weight is 191 g/mol. The van der Waals surface area contributed by atoms with Crippen molar-refractivity contribution in [2.45, 2.75) is 51.9 Å². The lowest BCUT2D eigenvalue weighted by molar-refractivity contribution is 0.114. The fraction of sp³-hybridized carbons (Fsp3) is 1.00. The van der Waals surface area contributed by atoms with Gasteiger partial charge in [0.1, 0.15) is 0 Å². The summed E-state index contributed by atoms with van der Waals surface area (Å²) in [4.78, 5) is 0. The van der Waals surface area contributed by atoms with Crippen molar-refractivity contribution in [3.8, 4) is 0 Å². The summed E-state index contributed by atoms with van der Waals surface area (Å²) in [5.74, 6) is 0. The van der Waals surface area contributed by atoms with E-state index in [0.29, 0.717) is 0 Å². The van der Waals surface area contributed by atoms with E-state index in [1.807, 2.05) is 0 Å². The third-order valence-corrected chi connectivity index (χ3v) is 6.70. The Morgan fingerprint density at radius 2 is 1.92 bits per heavy atom. The third-order valence-electron chi connectivity index (χ3n) is 2.37. The van der Waals surface area contributed by atoms with E-state index in [1.54, 1.807) is 6.92 Å². The minimum atomic E-state index is -1.88. The summed E-state index contributed by atoms with van der Waals surface area (Å²) in [7, 11) is -1.88. The second-order valence-electron chi connectivity index (χ2n) is 4.75. The summed E-state index contributed by atoms with van der Waals surface area (Å²) in [5.41, 5.74) is 0. The van der Waals surface area contributed by atoms with Crippen LogP contribution in [0.15, 0.2) is 0 Å². The van der Waals surface area contributed by atoms with Gasteiger partial charge in [0.2, 0.25) is 0 Å². The summed E-state index contributed by atoms with van der Waals surface area (Å²) in [6.07, 6.45) is -0.714. The zero-order valence-corrected chi connectivity index (χ0v) is 10.0. The van der Waals surface area contributed by atoms with Crippen LogP contribution in [0.25, 0.3) is 0 Å². The summed E-state index contributed by atoms with van der Waals surface area (Å²) in [6, 6.07) is 0. The molecule has 0 spiro atoms. The van der Waals surface area contributed by atoms with Gasteiger partial charge in [0, 0.05) is 0 Å². The van der Waals surface area contributed by atoms with Gasteiger partial charge in [-0.3, -0.25) is 0 Å². The SMILES string of the molecule is [2H]C(O[Si](C)(C)C(C)(C)C)[C@H](C)O. The van der Waals surface area contributed by atoms with Gasteiger partial charge in [0.15, 0.2) is 8.32 Å². The number of rotatable bonds is 3. The highest BCUT2D eigenvalue weighted by atomic mass is 28.4. The highest BCUT2D eigenvalue weighted by Crippen LogP contribution is 2.36. The summed E-state index contributed by atoms with van der Waals surface area (Å²) in [6.45, 7) is 11.3. The molecule has 0 saturated carbocycles. The molecule has 3 heteroatoms. The van der Waals surface area contributed by atoms with Gasteiger partial charge in [-0.05, 0) is 25.1 Å². The molecule has 1 unspecified atom stereocenters. The van der Waals surface area contributed by atoms with E-state index in [0.717, 1.165) is 0 Å². The molecule has 0 radical (unpaired) electrons. The van der Waals surface area contributed by atoms with Crippen molar-refractivity contribution in [1.29, 1.82) is 0 Å². The normalized spacial score (nSPS) is 20.1. The molecule has 0 aliphatic carbocycles. The number of aliphatic hydroxyl groups excluding tert-OH is 1. The molecule has 0 aromatic rings. The molecule has 0 heterocycles. The van der Waals surface area contributed by atoms with Crippen LogP contribution < -0.4 is 0 Å². The van der Waals surface area contributed by atoms with E-state index in [9.17, 15) is 0 Å². The fourth-order valence-corrected chi connectivity index (χ4v) is 1.34. The molecule has 0 rings (SSSR count). The molecule has 0 aliphatic rings. The zero-order valence-electron chi connectivity index (χ0n) is 10.0. The van der Waals surface area contributed by atoms with Gasteiger partial charge >= 0.3 is 0 Å². The Morgan fingerprint density at radius 1 is 1.50 bits per heavy atom. The van der Waals surface area contributed by atoms with Gasteiger partial charge in [-0.15, -0.1) is 0 Å². The molecule has 0 aliphatic heterocycles. The van der Waals surface area contributed by atoms with Crippen LogP contribution in [0.5, 0.6) is 0 Å². The quantitative estimate of drug-likeness (QED) is 0.694. The third kappa shape index (κ3) is 3.69. The van der Waals surface area contributed by atoms with Crippen LogP contribution in [0.4, 0.5) is 0 Å². The van der Waals surface area contributed by atoms with E-state index < -0.39 is 21.0 Å². The topological polar surface area (TPSA) is 29.5 Å². The Morgan fingerprint density at radius 3 is 2.17 bits per heavy atom. The molecule has 0 amide bonds. The van der Waals surface area contributed by atoms with E-state index in [1.165, 1.54) is 0 Å². The maximum atomic E-state index is 9.16. The first-order valence-corrected chi connectivity index (χ1v) is 7.27. The lowest BCUT2D eigenvalue weighted by Crippen LogP contribution is -2.42. The minimum Gasteiger partial charge on any atom is -0.414 e. The molecular formula is C9H22O2Si. The van der Waals surface area contributed by atoms with Crippen molar-refractivity contribution < 1.29 is 10.9 Å². The highest BCUT2D eigenvalue weighted by molar-refractivity contribution is 6.74. The van der Waals surface area contributed by atoms with Crippen LogP contribution in [0.1, 0.15) is 29.1 Å². The maximum Gasteiger partial charge on any atom is 0.192 e. The van der Waals surface area contributed by atoms with Crippen LogP contribution in [0.3, 0.4) is 0 Å². The smallest absolute Gasteiger partial charge is 0.192 e. The van der Waals surface area contributed by atoms with E-state index in [-0.39, 0.29) is 5.04 Å². The summed E-state index contributed by atoms with van der Waals surface area (Å²) in [5, 5.41) is 9.26. The van der Waals surface area contributed by atoms with Crippen molar-refractivity contribution in [1.82, 2.24) is 0 Å². The Kier molecular flexibility index (Phi) is 3.32. The first-order valence-electron chi connectivity index (χ1n) is 4.94. The standard InChI is InChI=1S/C9H22O2Si/c1-8(10)7-11-12(5,6)9(2,3)4/h8,10H,7H2,1-6H3/t8-/m0/s1/i7D/t7?,8-. The van der Waals surface area contributed by atoms with Crippen LogP contribution in [-0.4, -0.2) is 26.1 Å². The van der Waals surface area contributed by atoms with E-state index in [4.69, 9.17) is 10.9 Å². The molecular weight excluding hydrogens is 168 g/mol. The molecule has 0 fully saturated rings.